The SMILES string of the molecule is CCCNC1CCCCCC1Cc1cc(Cl)ccc1F. The Morgan fingerprint density at radius 1 is 1.25 bits per heavy atom. The highest BCUT2D eigenvalue weighted by molar-refractivity contribution is 6.30. The minimum atomic E-state index is -0.118. The van der Waals surface area contributed by atoms with Gasteiger partial charge in [-0.1, -0.05) is 37.8 Å². The van der Waals surface area contributed by atoms with Crippen molar-refractivity contribution in [1.29, 1.82) is 0 Å². The second-order valence-electron chi connectivity index (χ2n) is 5.90. The van der Waals surface area contributed by atoms with Gasteiger partial charge in [0.15, 0.2) is 0 Å². The molecule has 0 bridgehead atoms. The Balaban J connectivity index is 2.08. The van der Waals surface area contributed by atoms with Crippen molar-refractivity contribution in [3.05, 3.63) is 34.6 Å². The average Bonchev–Trinajstić information content (AvgIpc) is 2.66. The average molecular weight is 298 g/mol. The summed E-state index contributed by atoms with van der Waals surface area (Å²) >= 11 is 6.00. The fourth-order valence-corrected chi connectivity index (χ4v) is 3.40. The third kappa shape index (κ3) is 4.46. The van der Waals surface area contributed by atoms with E-state index in [1.165, 1.54) is 38.2 Å². The fourth-order valence-electron chi connectivity index (χ4n) is 3.21. The van der Waals surface area contributed by atoms with Gasteiger partial charge in [0, 0.05) is 11.1 Å². The Morgan fingerprint density at radius 2 is 2.05 bits per heavy atom. The first kappa shape index (κ1) is 15.8. The molecule has 0 amide bonds. The van der Waals surface area contributed by atoms with Crippen LogP contribution in [-0.2, 0) is 6.42 Å². The van der Waals surface area contributed by atoms with Gasteiger partial charge in [0.05, 0.1) is 0 Å². The summed E-state index contributed by atoms with van der Waals surface area (Å²) in [6.07, 6.45) is 8.20. The maximum absolute atomic E-state index is 13.9. The Hall–Kier alpha value is -0.600. The van der Waals surface area contributed by atoms with E-state index in [1.54, 1.807) is 12.1 Å². The number of benzene rings is 1. The summed E-state index contributed by atoms with van der Waals surface area (Å²) in [6.45, 7) is 3.24. The molecule has 20 heavy (non-hydrogen) atoms. The fraction of sp³-hybridized carbons (Fsp3) is 0.647. The van der Waals surface area contributed by atoms with Crippen molar-refractivity contribution < 1.29 is 4.39 Å². The summed E-state index contributed by atoms with van der Waals surface area (Å²) in [5.74, 6) is 0.407. The first-order valence-electron chi connectivity index (χ1n) is 7.88. The topological polar surface area (TPSA) is 12.0 Å². The van der Waals surface area contributed by atoms with Crippen LogP contribution >= 0.6 is 11.6 Å². The van der Waals surface area contributed by atoms with Gasteiger partial charge in [-0.15, -0.1) is 0 Å². The van der Waals surface area contributed by atoms with Gasteiger partial charge < -0.3 is 5.32 Å². The highest BCUT2D eigenvalue weighted by Crippen LogP contribution is 2.28. The summed E-state index contributed by atoms with van der Waals surface area (Å²) in [7, 11) is 0. The summed E-state index contributed by atoms with van der Waals surface area (Å²) in [5.41, 5.74) is 0.771. The van der Waals surface area contributed by atoms with Crippen molar-refractivity contribution in [2.75, 3.05) is 6.54 Å². The number of rotatable bonds is 5. The van der Waals surface area contributed by atoms with Gasteiger partial charge >= 0.3 is 0 Å². The van der Waals surface area contributed by atoms with Crippen LogP contribution in [0.25, 0.3) is 0 Å². The molecule has 1 aromatic carbocycles. The molecular weight excluding hydrogens is 273 g/mol. The molecule has 2 atom stereocenters. The van der Waals surface area contributed by atoms with E-state index < -0.39 is 0 Å². The van der Waals surface area contributed by atoms with E-state index in [0.717, 1.165) is 24.9 Å². The first-order valence-corrected chi connectivity index (χ1v) is 8.25. The predicted molar refractivity (Wildman–Crippen MR) is 83.8 cm³/mol. The summed E-state index contributed by atoms with van der Waals surface area (Å²) in [6, 6.07) is 5.43. The minimum absolute atomic E-state index is 0.118. The molecule has 2 unspecified atom stereocenters. The molecule has 0 heterocycles. The molecule has 1 saturated carbocycles. The predicted octanol–water partition coefficient (Wildman–Crippen LogP) is 4.97. The molecule has 3 heteroatoms. The minimum Gasteiger partial charge on any atom is -0.314 e. The van der Waals surface area contributed by atoms with E-state index in [2.05, 4.69) is 12.2 Å². The number of hydrogen-bond acceptors (Lipinski definition) is 1. The Kier molecular flexibility index (Phi) is 6.31. The van der Waals surface area contributed by atoms with E-state index in [1.807, 2.05) is 0 Å². The molecule has 1 fully saturated rings. The highest BCUT2D eigenvalue weighted by Gasteiger charge is 2.24. The molecule has 1 aromatic rings. The second-order valence-corrected chi connectivity index (χ2v) is 6.33. The van der Waals surface area contributed by atoms with Crippen LogP contribution in [0.2, 0.25) is 5.02 Å². The first-order chi connectivity index (χ1) is 9.70. The lowest BCUT2D eigenvalue weighted by atomic mass is 9.88. The number of nitrogens with one attached hydrogen (secondary N) is 1. The lowest BCUT2D eigenvalue weighted by Crippen LogP contribution is -2.37. The van der Waals surface area contributed by atoms with Crippen molar-refractivity contribution in [2.24, 2.45) is 5.92 Å². The Morgan fingerprint density at radius 3 is 2.85 bits per heavy atom. The summed E-state index contributed by atoms with van der Waals surface area (Å²) in [4.78, 5) is 0. The van der Waals surface area contributed by atoms with Crippen LogP contribution in [0.4, 0.5) is 4.39 Å². The zero-order valence-corrected chi connectivity index (χ0v) is 13.1. The molecule has 0 radical (unpaired) electrons. The summed E-state index contributed by atoms with van der Waals surface area (Å²) < 4.78 is 13.9. The van der Waals surface area contributed by atoms with Gasteiger partial charge in [0.2, 0.25) is 0 Å². The molecule has 112 valence electrons. The van der Waals surface area contributed by atoms with E-state index in [9.17, 15) is 4.39 Å². The monoisotopic (exact) mass is 297 g/mol. The van der Waals surface area contributed by atoms with Crippen LogP contribution in [0.1, 0.15) is 51.0 Å². The zero-order valence-electron chi connectivity index (χ0n) is 12.3. The van der Waals surface area contributed by atoms with Crippen LogP contribution in [0.3, 0.4) is 0 Å². The largest absolute Gasteiger partial charge is 0.314 e. The van der Waals surface area contributed by atoms with Crippen LogP contribution in [-0.4, -0.2) is 12.6 Å². The second kappa shape index (κ2) is 7.99. The van der Waals surface area contributed by atoms with Gasteiger partial charge in [-0.3, -0.25) is 0 Å². The van der Waals surface area contributed by atoms with Crippen molar-refractivity contribution in [3.8, 4) is 0 Å². The highest BCUT2D eigenvalue weighted by atomic mass is 35.5. The smallest absolute Gasteiger partial charge is 0.126 e. The third-order valence-corrected chi connectivity index (χ3v) is 4.54. The van der Waals surface area contributed by atoms with Gasteiger partial charge in [0.25, 0.3) is 0 Å². The van der Waals surface area contributed by atoms with Crippen molar-refractivity contribution in [2.45, 2.75) is 57.9 Å². The van der Waals surface area contributed by atoms with Crippen LogP contribution in [0.15, 0.2) is 18.2 Å². The van der Waals surface area contributed by atoms with Crippen molar-refractivity contribution in [3.63, 3.8) is 0 Å². The van der Waals surface area contributed by atoms with E-state index in [-0.39, 0.29) is 5.82 Å². The molecule has 0 aliphatic heterocycles. The van der Waals surface area contributed by atoms with E-state index in [0.29, 0.717) is 17.0 Å². The quantitative estimate of drug-likeness (QED) is 0.757. The zero-order chi connectivity index (χ0) is 14.4. The molecular formula is C17H25ClFN. The molecule has 0 spiro atoms. The number of halogens is 2. The number of hydrogen-bond donors (Lipinski definition) is 1. The van der Waals surface area contributed by atoms with Gasteiger partial charge in [-0.05, 0) is 61.9 Å². The van der Waals surface area contributed by atoms with Gasteiger partial charge in [-0.25, -0.2) is 4.39 Å². The molecule has 1 aliphatic carbocycles. The lowest BCUT2D eigenvalue weighted by molar-refractivity contribution is 0.329. The third-order valence-electron chi connectivity index (χ3n) is 4.31. The van der Waals surface area contributed by atoms with Crippen LogP contribution in [0, 0.1) is 11.7 Å². The van der Waals surface area contributed by atoms with Crippen LogP contribution in [0.5, 0.6) is 0 Å². The van der Waals surface area contributed by atoms with E-state index >= 15 is 0 Å². The molecule has 2 rings (SSSR count). The van der Waals surface area contributed by atoms with Crippen LogP contribution < -0.4 is 5.32 Å². The molecule has 1 aliphatic rings. The molecule has 1 nitrogen and oxygen atoms in total. The Labute approximate surface area is 126 Å². The van der Waals surface area contributed by atoms with Crippen molar-refractivity contribution >= 4 is 11.6 Å². The van der Waals surface area contributed by atoms with Crippen molar-refractivity contribution in [1.82, 2.24) is 5.32 Å². The Bertz CT molecular complexity index is 421. The molecule has 0 aromatic heterocycles. The normalized spacial score (nSPS) is 23.6. The molecule has 0 saturated heterocycles. The maximum Gasteiger partial charge on any atom is 0.126 e. The van der Waals surface area contributed by atoms with E-state index in [4.69, 9.17) is 11.6 Å². The lowest BCUT2D eigenvalue weighted by Gasteiger charge is -2.26. The maximum atomic E-state index is 13.9. The van der Waals surface area contributed by atoms with Gasteiger partial charge in [0.1, 0.15) is 5.82 Å². The standard InChI is InChI=1S/C17H25ClFN/c1-2-10-20-17-7-5-3-4-6-13(17)11-14-12-15(18)8-9-16(14)19/h8-9,12-13,17,20H,2-7,10-11H2,1H3. The van der Waals surface area contributed by atoms with Gasteiger partial charge in [-0.2, -0.15) is 0 Å². The molecule has 1 N–H and O–H groups in total. The summed E-state index contributed by atoms with van der Waals surface area (Å²) in [5, 5.41) is 4.29.